The maximum atomic E-state index is 10.8. The number of benzene rings is 2. The molecule has 3 rings (SSSR count). The van der Waals surface area contributed by atoms with Crippen molar-refractivity contribution in [3.05, 3.63) is 64.7 Å². The van der Waals surface area contributed by atoms with E-state index in [0.29, 0.717) is 6.61 Å². The molecule has 3 nitrogen and oxygen atoms in total. The first kappa shape index (κ1) is 17.1. The van der Waals surface area contributed by atoms with Crippen LogP contribution < -0.4 is 4.74 Å². The minimum Gasteiger partial charge on any atom is -0.493 e. The van der Waals surface area contributed by atoms with Crippen LogP contribution in [0.25, 0.3) is 0 Å². The predicted molar refractivity (Wildman–Crippen MR) is 97.5 cm³/mol. The van der Waals surface area contributed by atoms with Gasteiger partial charge in [0.25, 0.3) is 0 Å². The number of fused-ring (bicyclic) bond motifs is 1. The van der Waals surface area contributed by atoms with Crippen LogP contribution in [0.15, 0.2) is 42.5 Å². The number of carbonyl (C=O) groups is 1. The smallest absolute Gasteiger partial charge is 0.302 e. The molecule has 0 amide bonds. The second-order valence-corrected chi connectivity index (χ2v) is 6.92. The molecular formula is C22H22O3. The van der Waals surface area contributed by atoms with E-state index in [4.69, 9.17) is 9.47 Å². The Hall–Kier alpha value is -2.73. The second-order valence-electron chi connectivity index (χ2n) is 6.92. The molecule has 128 valence electrons. The quantitative estimate of drug-likeness (QED) is 0.610. The lowest BCUT2D eigenvalue weighted by Gasteiger charge is -2.32. The third-order valence-electron chi connectivity index (χ3n) is 4.44. The highest BCUT2D eigenvalue weighted by atomic mass is 16.5. The van der Waals surface area contributed by atoms with Crippen LogP contribution >= 0.6 is 0 Å². The van der Waals surface area contributed by atoms with Gasteiger partial charge in [-0.2, -0.15) is 0 Å². The van der Waals surface area contributed by atoms with E-state index in [-0.39, 0.29) is 11.4 Å². The zero-order valence-corrected chi connectivity index (χ0v) is 14.9. The molecule has 0 fully saturated rings. The van der Waals surface area contributed by atoms with Crippen molar-refractivity contribution in [3.63, 3.8) is 0 Å². The van der Waals surface area contributed by atoms with Gasteiger partial charge in [-0.3, -0.25) is 4.79 Å². The fraction of sp³-hybridized carbons (Fsp3) is 0.318. The van der Waals surface area contributed by atoms with Crippen molar-refractivity contribution in [1.29, 1.82) is 0 Å². The Balaban J connectivity index is 1.76. The molecule has 0 aliphatic carbocycles. The maximum absolute atomic E-state index is 10.8. The number of rotatable bonds is 2. The van der Waals surface area contributed by atoms with Crippen LogP contribution in [0, 0.1) is 11.8 Å². The van der Waals surface area contributed by atoms with Gasteiger partial charge in [-0.25, -0.2) is 0 Å². The van der Waals surface area contributed by atoms with Gasteiger partial charge in [0.15, 0.2) is 0 Å². The summed E-state index contributed by atoms with van der Waals surface area (Å²) in [5.41, 5.74) is 4.21. The summed E-state index contributed by atoms with van der Waals surface area (Å²) in [5, 5.41) is 0. The lowest BCUT2D eigenvalue weighted by atomic mass is 9.79. The number of hydrogen-bond acceptors (Lipinski definition) is 3. The molecule has 0 atom stereocenters. The van der Waals surface area contributed by atoms with E-state index in [0.717, 1.165) is 35.5 Å². The van der Waals surface area contributed by atoms with Crippen LogP contribution in [0.1, 0.15) is 49.4 Å². The van der Waals surface area contributed by atoms with Gasteiger partial charge in [0.1, 0.15) is 12.4 Å². The Morgan fingerprint density at radius 3 is 2.52 bits per heavy atom. The third-order valence-corrected chi connectivity index (χ3v) is 4.44. The molecule has 0 saturated carbocycles. The topological polar surface area (TPSA) is 35.5 Å². The Bertz CT molecular complexity index is 836. The number of hydrogen-bond donors (Lipinski definition) is 0. The summed E-state index contributed by atoms with van der Waals surface area (Å²) in [6, 6.07) is 13.9. The summed E-state index contributed by atoms with van der Waals surface area (Å²) in [7, 11) is 0. The van der Waals surface area contributed by atoms with Crippen LogP contribution in [-0.2, 0) is 21.6 Å². The van der Waals surface area contributed by atoms with Gasteiger partial charge in [0.05, 0.1) is 6.61 Å². The summed E-state index contributed by atoms with van der Waals surface area (Å²) in [6.07, 6.45) is 1.01. The highest BCUT2D eigenvalue weighted by molar-refractivity contribution is 5.65. The summed E-state index contributed by atoms with van der Waals surface area (Å²) < 4.78 is 10.7. The van der Waals surface area contributed by atoms with E-state index in [2.05, 4.69) is 31.8 Å². The van der Waals surface area contributed by atoms with Crippen LogP contribution in [0.2, 0.25) is 0 Å². The highest BCUT2D eigenvalue weighted by Crippen LogP contribution is 2.38. The lowest BCUT2D eigenvalue weighted by molar-refractivity contribution is -0.142. The fourth-order valence-electron chi connectivity index (χ4n) is 2.83. The molecule has 25 heavy (non-hydrogen) atoms. The van der Waals surface area contributed by atoms with E-state index in [1.807, 2.05) is 36.4 Å². The second kappa shape index (κ2) is 7.03. The molecule has 0 saturated heterocycles. The van der Waals surface area contributed by atoms with Crippen LogP contribution in [0.5, 0.6) is 5.75 Å². The minimum atomic E-state index is -0.275. The van der Waals surface area contributed by atoms with E-state index < -0.39 is 0 Å². The largest absolute Gasteiger partial charge is 0.493 e. The summed E-state index contributed by atoms with van der Waals surface area (Å²) in [6.45, 7) is 6.96. The standard InChI is InChI=1S/C22H22O3/c1-16(23)25-15-19-8-5-17(6-9-19)4-7-18-10-11-21-20(14-18)22(2,3)12-13-24-21/h5-6,8-11,14H,12-13,15H2,1-3H3. The van der Waals surface area contributed by atoms with E-state index in [1.165, 1.54) is 12.5 Å². The van der Waals surface area contributed by atoms with Gasteiger partial charge >= 0.3 is 5.97 Å². The average molecular weight is 334 g/mol. The molecule has 1 aliphatic heterocycles. The number of esters is 1. The molecular weight excluding hydrogens is 312 g/mol. The third kappa shape index (κ3) is 4.22. The van der Waals surface area contributed by atoms with Crippen molar-refractivity contribution >= 4 is 5.97 Å². The molecule has 0 N–H and O–H groups in total. The molecule has 1 heterocycles. The molecule has 0 bridgehead atoms. The summed E-state index contributed by atoms with van der Waals surface area (Å²) in [5.74, 6) is 7.11. The first-order valence-corrected chi connectivity index (χ1v) is 8.46. The van der Waals surface area contributed by atoms with Crippen molar-refractivity contribution in [2.75, 3.05) is 6.61 Å². The normalized spacial score (nSPS) is 14.5. The first-order chi connectivity index (χ1) is 11.9. The molecule has 2 aromatic rings. The molecule has 0 radical (unpaired) electrons. The molecule has 3 heteroatoms. The van der Waals surface area contributed by atoms with Crippen LogP contribution in [-0.4, -0.2) is 12.6 Å². The van der Waals surface area contributed by atoms with E-state index >= 15 is 0 Å². The van der Waals surface area contributed by atoms with Crippen molar-refractivity contribution < 1.29 is 14.3 Å². The lowest BCUT2D eigenvalue weighted by Crippen LogP contribution is -2.26. The molecule has 0 aromatic heterocycles. The van der Waals surface area contributed by atoms with Crippen molar-refractivity contribution in [2.24, 2.45) is 0 Å². The van der Waals surface area contributed by atoms with Crippen molar-refractivity contribution in [2.45, 2.75) is 39.2 Å². The average Bonchev–Trinajstić information content (AvgIpc) is 2.59. The van der Waals surface area contributed by atoms with Gasteiger partial charge in [-0.15, -0.1) is 0 Å². The number of carbonyl (C=O) groups excluding carboxylic acids is 1. The van der Waals surface area contributed by atoms with Crippen molar-refractivity contribution in [1.82, 2.24) is 0 Å². The van der Waals surface area contributed by atoms with Gasteiger partial charge in [-0.1, -0.05) is 37.8 Å². The van der Waals surface area contributed by atoms with Crippen molar-refractivity contribution in [3.8, 4) is 17.6 Å². The first-order valence-electron chi connectivity index (χ1n) is 8.46. The maximum Gasteiger partial charge on any atom is 0.302 e. The predicted octanol–water partition coefficient (Wildman–Crippen LogP) is 4.21. The Kier molecular flexibility index (Phi) is 4.81. The zero-order chi connectivity index (χ0) is 17.9. The Labute approximate surface area is 149 Å². The Morgan fingerprint density at radius 1 is 1.12 bits per heavy atom. The number of ether oxygens (including phenoxy) is 2. The summed E-state index contributed by atoms with van der Waals surface area (Å²) in [4.78, 5) is 10.8. The zero-order valence-electron chi connectivity index (χ0n) is 14.9. The van der Waals surface area contributed by atoms with E-state index in [1.54, 1.807) is 0 Å². The van der Waals surface area contributed by atoms with Gasteiger partial charge in [0.2, 0.25) is 0 Å². The monoisotopic (exact) mass is 334 g/mol. The van der Waals surface area contributed by atoms with Crippen LogP contribution in [0.4, 0.5) is 0 Å². The molecule has 0 spiro atoms. The molecule has 2 aromatic carbocycles. The van der Waals surface area contributed by atoms with Gasteiger partial charge in [-0.05, 0) is 47.7 Å². The van der Waals surface area contributed by atoms with Gasteiger partial charge < -0.3 is 9.47 Å². The fourth-order valence-corrected chi connectivity index (χ4v) is 2.83. The Morgan fingerprint density at radius 2 is 1.80 bits per heavy atom. The van der Waals surface area contributed by atoms with Gasteiger partial charge in [0, 0.05) is 23.6 Å². The highest BCUT2D eigenvalue weighted by Gasteiger charge is 2.28. The van der Waals surface area contributed by atoms with Crippen LogP contribution in [0.3, 0.4) is 0 Å². The minimum absolute atomic E-state index is 0.115. The molecule has 1 aliphatic rings. The SMILES string of the molecule is CC(=O)OCc1ccc(C#Cc2ccc3c(c2)C(C)(C)CCO3)cc1. The summed E-state index contributed by atoms with van der Waals surface area (Å²) >= 11 is 0. The van der Waals surface area contributed by atoms with E-state index in [9.17, 15) is 4.79 Å². The molecule has 0 unspecified atom stereocenters.